The Labute approximate surface area is 170 Å². The van der Waals surface area contributed by atoms with E-state index in [4.69, 9.17) is 0 Å². The topological polar surface area (TPSA) is 64.0 Å². The molecule has 0 radical (unpaired) electrons. The average Bonchev–Trinajstić information content (AvgIpc) is 2.73. The van der Waals surface area contributed by atoms with E-state index < -0.39 is 0 Å². The van der Waals surface area contributed by atoms with Crippen molar-refractivity contribution in [2.45, 2.75) is 51.9 Å². The summed E-state index contributed by atoms with van der Waals surface area (Å²) in [5.74, 6) is 1.34. The molecule has 2 aromatic carbocycles. The molecule has 5 heteroatoms. The molecule has 1 aromatic heterocycles. The summed E-state index contributed by atoms with van der Waals surface area (Å²) in [7, 11) is 0. The maximum atomic E-state index is 13.0. The van der Waals surface area contributed by atoms with E-state index in [1.165, 1.54) is 32.1 Å². The molecule has 0 unspecified atom stereocenters. The van der Waals surface area contributed by atoms with Gasteiger partial charge in [0, 0.05) is 12.1 Å². The Morgan fingerprint density at radius 1 is 1.10 bits per heavy atom. The molecule has 1 fully saturated rings. The van der Waals surface area contributed by atoms with Crippen LogP contribution in [-0.4, -0.2) is 15.5 Å². The van der Waals surface area contributed by atoms with Crippen LogP contribution in [0.4, 0.5) is 5.69 Å². The summed E-state index contributed by atoms with van der Waals surface area (Å²) in [5.41, 5.74) is 2.00. The quantitative estimate of drug-likeness (QED) is 0.668. The van der Waals surface area contributed by atoms with Gasteiger partial charge in [-0.3, -0.25) is 14.2 Å². The van der Waals surface area contributed by atoms with Crippen LogP contribution in [0.15, 0.2) is 53.3 Å². The predicted molar refractivity (Wildman–Crippen MR) is 117 cm³/mol. The Hall–Kier alpha value is -2.95. The number of benzene rings is 2. The molecular weight excluding hydrogens is 362 g/mol. The lowest BCUT2D eigenvalue weighted by molar-refractivity contribution is -0.116. The van der Waals surface area contributed by atoms with Crippen molar-refractivity contribution in [1.82, 2.24) is 9.55 Å². The van der Waals surface area contributed by atoms with E-state index >= 15 is 0 Å². The van der Waals surface area contributed by atoms with Crippen molar-refractivity contribution in [2.24, 2.45) is 5.92 Å². The first-order valence-corrected chi connectivity index (χ1v) is 10.5. The highest BCUT2D eigenvalue weighted by Crippen LogP contribution is 2.27. The number of fused-ring (bicyclic) bond motifs is 1. The van der Waals surface area contributed by atoms with Gasteiger partial charge in [-0.1, -0.05) is 50.3 Å². The number of carbonyl (C=O) groups excluding carboxylic acids is 1. The van der Waals surface area contributed by atoms with Crippen LogP contribution in [0.1, 0.15) is 50.8 Å². The van der Waals surface area contributed by atoms with Gasteiger partial charge in [-0.2, -0.15) is 0 Å². The summed E-state index contributed by atoms with van der Waals surface area (Å²) >= 11 is 0. The lowest BCUT2D eigenvalue weighted by Gasteiger charge is -2.21. The van der Waals surface area contributed by atoms with E-state index in [-0.39, 0.29) is 11.5 Å². The van der Waals surface area contributed by atoms with Crippen LogP contribution < -0.4 is 10.9 Å². The number of aromatic nitrogens is 2. The fourth-order valence-electron chi connectivity index (χ4n) is 4.31. The smallest absolute Gasteiger partial charge is 0.265 e. The SMILES string of the molecule is Cc1nc2ccccc2c(=O)n1-c1cccc(NC(=O)CCC2CCCCC2)c1. The third-order valence-corrected chi connectivity index (χ3v) is 5.84. The van der Waals surface area contributed by atoms with E-state index in [0.29, 0.717) is 40.4 Å². The minimum absolute atomic E-state index is 0.0356. The molecule has 1 N–H and O–H groups in total. The second kappa shape index (κ2) is 8.60. The summed E-state index contributed by atoms with van der Waals surface area (Å²) in [4.78, 5) is 30.0. The molecule has 0 aliphatic heterocycles. The molecule has 0 saturated heterocycles. The lowest BCUT2D eigenvalue weighted by Crippen LogP contribution is -2.22. The summed E-state index contributed by atoms with van der Waals surface area (Å²) < 4.78 is 1.60. The average molecular weight is 389 g/mol. The van der Waals surface area contributed by atoms with Gasteiger partial charge in [-0.05, 0) is 49.6 Å². The Morgan fingerprint density at radius 3 is 2.72 bits per heavy atom. The minimum atomic E-state index is -0.103. The van der Waals surface area contributed by atoms with Crippen molar-refractivity contribution in [3.63, 3.8) is 0 Å². The third-order valence-electron chi connectivity index (χ3n) is 5.84. The Balaban J connectivity index is 1.52. The molecule has 0 atom stereocenters. The summed E-state index contributed by atoms with van der Waals surface area (Å²) in [6.07, 6.45) is 7.92. The molecule has 1 saturated carbocycles. The van der Waals surface area contributed by atoms with Crippen molar-refractivity contribution in [3.8, 4) is 5.69 Å². The molecule has 1 aliphatic carbocycles. The predicted octanol–water partition coefficient (Wildman–Crippen LogP) is 4.99. The van der Waals surface area contributed by atoms with Crippen LogP contribution in [-0.2, 0) is 4.79 Å². The van der Waals surface area contributed by atoms with Crippen LogP contribution in [0.2, 0.25) is 0 Å². The second-order valence-electron chi connectivity index (χ2n) is 7.96. The molecule has 3 aromatic rings. The number of rotatable bonds is 5. The number of hydrogen-bond donors (Lipinski definition) is 1. The number of anilines is 1. The van der Waals surface area contributed by atoms with Gasteiger partial charge in [-0.25, -0.2) is 4.98 Å². The number of carbonyl (C=O) groups is 1. The maximum Gasteiger partial charge on any atom is 0.265 e. The van der Waals surface area contributed by atoms with Gasteiger partial charge in [0.1, 0.15) is 5.82 Å². The van der Waals surface area contributed by atoms with Crippen LogP contribution in [0.5, 0.6) is 0 Å². The van der Waals surface area contributed by atoms with Gasteiger partial charge in [0.2, 0.25) is 5.91 Å². The largest absolute Gasteiger partial charge is 0.326 e. The summed E-state index contributed by atoms with van der Waals surface area (Å²) in [5, 5.41) is 3.58. The normalized spacial score (nSPS) is 14.8. The van der Waals surface area contributed by atoms with Crippen LogP contribution in [0.3, 0.4) is 0 Å². The number of nitrogens with zero attached hydrogens (tertiary/aromatic N) is 2. The molecule has 1 heterocycles. The molecule has 5 nitrogen and oxygen atoms in total. The van der Waals surface area contributed by atoms with Gasteiger partial charge in [0.15, 0.2) is 0 Å². The molecule has 150 valence electrons. The number of amides is 1. The van der Waals surface area contributed by atoms with E-state index in [1.807, 2.05) is 49.4 Å². The van der Waals surface area contributed by atoms with Crippen LogP contribution in [0.25, 0.3) is 16.6 Å². The first kappa shape index (κ1) is 19.4. The zero-order valence-corrected chi connectivity index (χ0v) is 16.9. The van der Waals surface area contributed by atoms with Gasteiger partial charge in [0.25, 0.3) is 5.56 Å². The van der Waals surface area contributed by atoms with Gasteiger partial charge in [-0.15, -0.1) is 0 Å². The van der Waals surface area contributed by atoms with Gasteiger partial charge in [0.05, 0.1) is 16.6 Å². The van der Waals surface area contributed by atoms with E-state index in [2.05, 4.69) is 10.3 Å². The van der Waals surface area contributed by atoms with Gasteiger partial charge >= 0.3 is 0 Å². The maximum absolute atomic E-state index is 13.0. The van der Waals surface area contributed by atoms with Crippen molar-refractivity contribution < 1.29 is 4.79 Å². The van der Waals surface area contributed by atoms with Gasteiger partial charge < -0.3 is 5.32 Å². The Bertz CT molecular complexity index is 1080. The number of nitrogens with one attached hydrogen (secondary N) is 1. The zero-order valence-electron chi connectivity index (χ0n) is 16.9. The number of aryl methyl sites for hydroxylation is 1. The standard InChI is InChI=1S/C24H27N3O2/c1-17-25-22-13-6-5-12-21(22)24(29)27(17)20-11-7-10-19(16-20)26-23(28)15-14-18-8-3-2-4-9-18/h5-7,10-13,16,18H,2-4,8-9,14-15H2,1H3,(H,26,28). The Morgan fingerprint density at radius 2 is 1.90 bits per heavy atom. The highest BCUT2D eigenvalue weighted by molar-refractivity contribution is 5.91. The minimum Gasteiger partial charge on any atom is -0.326 e. The monoisotopic (exact) mass is 389 g/mol. The van der Waals surface area contributed by atoms with Crippen LogP contribution >= 0.6 is 0 Å². The number of para-hydroxylation sites is 1. The highest BCUT2D eigenvalue weighted by atomic mass is 16.1. The summed E-state index contributed by atoms with van der Waals surface area (Å²) in [6, 6.07) is 14.8. The highest BCUT2D eigenvalue weighted by Gasteiger charge is 2.15. The second-order valence-corrected chi connectivity index (χ2v) is 7.96. The molecule has 1 amide bonds. The fourth-order valence-corrected chi connectivity index (χ4v) is 4.31. The van der Waals surface area contributed by atoms with E-state index in [1.54, 1.807) is 10.6 Å². The molecular formula is C24H27N3O2. The van der Waals surface area contributed by atoms with E-state index in [9.17, 15) is 9.59 Å². The Kier molecular flexibility index (Phi) is 5.74. The first-order valence-electron chi connectivity index (χ1n) is 10.5. The molecule has 29 heavy (non-hydrogen) atoms. The van der Waals surface area contributed by atoms with Crippen molar-refractivity contribution in [2.75, 3.05) is 5.32 Å². The van der Waals surface area contributed by atoms with Crippen molar-refractivity contribution >= 4 is 22.5 Å². The number of hydrogen-bond acceptors (Lipinski definition) is 3. The van der Waals surface area contributed by atoms with E-state index in [0.717, 1.165) is 6.42 Å². The van der Waals surface area contributed by atoms with Crippen LogP contribution in [0, 0.1) is 12.8 Å². The molecule has 0 spiro atoms. The first-order chi connectivity index (χ1) is 14.1. The zero-order chi connectivity index (χ0) is 20.2. The molecule has 1 aliphatic rings. The summed E-state index contributed by atoms with van der Waals surface area (Å²) in [6.45, 7) is 1.82. The third kappa shape index (κ3) is 4.39. The van der Waals surface area contributed by atoms with Crippen molar-refractivity contribution in [3.05, 3.63) is 64.7 Å². The fraction of sp³-hybridized carbons (Fsp3) is 0.375. The lowest BCUT2D eigenvalue weighted by atomic mass is 9.86. The van der Waals surface area contributed by atoms with Crippen molar-refractivity contribution in [1.29, 1.82) is 0 Å². The molecule has 4 rings (SSSR count). The molecule has 0 bridgehead atoms.